The van der Waals surface area contributed by atoms with Crippen LogP contribution in [0.3, 0.4) is 0 Å². The summed E-state index contributed by atoms with van der Waals surface area (Å²) in [5.74, 6) is 0. The highest BCUT2D eigenvalue weighted by Gasteiger charge is 2.04. The highest BCUT2D eigenvalue weighted by atomic mass is 35.5. The molecule has 0 rings (SSSR count). The van der Waals surface area contributed by atoms with Crippen molar-refractivity contribution in [2.75, 3.05) is 14.1 Å². The predicted molar refractivity (Wildman–Crippen MR) is 38.1 cm³/mol. The summed E-state index contributed by atoms with van der Waals surface area (Å²) in [6, 6.07) is 0. The maximum Gasteiger partial charge on any atom is 0.106 e. The van der Waals surface area contributed by atoms with E-state index < -0.39 is 0 Å². The molecule has 0 aromatic carbocycles. The van der Waals surface area contributed by atoms with Gasteiger partial charge in [-0.25, -0.2) is 0 Å². The predicted octanol–water partition coefficient (Wildman–Crippen LogP) is 1.69. The van der Waals surface area contributed by atoms with Crippen LogP contribution < -0.4 is 0 Å². The van der Waals surface area contributed by atoms with E-state index >= 15 is 0 Å². The van der Waals surface area contributed by atoms with Gasteiger partial charge in [-0.15, -0.1) is 11.6 Å². The third-order valence-corrected chi connectivity index (χ3v) is 1.62. The van der Waals surface area contributed by atoms with E-state index in [2.05, 4.69) is 6.58 Å². The van der Waals surface area contributed by atoms with Crippen molar-refractivity contribution in [3.8, 4) is 0 Å². The number of hydrogen-bond acceptors (Lipinski definition) is 1. The van der Waals surface area contributed by atoms with Crippen molar-refractivity contribution in [2.45, 2.75) is 12.4 Å². The van der Waals surface area contributed by atoms with E-state index in [0.29, 0.717) is 0 Å². The molecule has 48 valence electrons. The molecule has 0 bridgehead atoms. The van der Waals surface area contributed by atoms with E-state index in [-0.39, 0.29) is 5.50 Å². The van der Waals surface area contributed by atoms with Gasteiger partial charge in [-0.3, -0.25) is 4.90 Å². The minimum atomic E-state index is -0.0185. The number of likely N-dealkylation sites (N-methyl/N-ethyl adjacent to an activating group) is 1. The summed E-state index contributed by atoms with van der Waals surface area (Å²) in [6.45, 7) is 5.62. The number of nitrogens with zero attached hydrogens (tertiary/aromatic N) is 1. The Kier molecular flexibility index (Phi) is 3.10. The Hall–Kier alpha value is -0.0100. The third-order valence-electron chi connectivity index (χ3n) is 0.860. The lowest BCUT2D eigenvalue weighted by atomic mass is 10.3. The van der Waals surface area contributed by atoms with Crippen LogP contribution in [0.15, 0.2) is 12.2 Å². The molecule has 1 atom stereocenters. The Balaban J connectivity index is 3.64. The second-order valence-corrected chi connectivity index (χ2v) is 2.56. The van der Waals surface area contributed by atoms with Gasteiger partial charge in [0.15, 0.2) is 0 Å². The number of halogens is 1. The lowest BCUT2D eigenvalue weighted by molar-refractivity contribution is 0.410. The van der Waals surface area contributed by atoms with Gasteiger partial charge in [0.05, 0.1) is 0 Å². The van der Waals surface area contributed by atoms with E-state index in [4.69, 9.17) is 11.6 Å². The number of alkyl halides is 1. The molecule has 0 aliphatic rings. The summed E-state index contributed by atoms with van der Waals surface area (Å²) in [4.78, 5) is 1.91. The smallest absolute Gasteiger partial charge is 0.106 e. The van der Waals surface area contributed by atoms with E-state index in [1.807, 2.05) is 25.9 Å². The normalized spacial score (nSPS) is 14.1. The Morgan fingerprint density at radius 2 is 2.00 bits per heavy atom. The van der Waals surface area contributed by atoms with Crippen molar-refractivity contribution in [3.63, 3.8) is 0 Å². The van der Waals surface area contributed by atoms with Gasteiger partial charge in [-0.05, 0) is 26.6 Å². The van der Waals surface area contributed by atoms with E-state index in [1.165, 1.54) is 0 Å². The van der Waals surface area contributed by atoms with Crippen LogP contribution in [0, 0.1) is 0 Å². The fourth-order valence-corrected chi connectivity index (χ4v) is 0.441. The largest absolute Gasteiger partial charge is 0.290 e. The van der Waals surface area contributed by atoms with E-state index in [0.717, 1.165) is 5.57 Å². The summed E-state index contributed by atoms with van der Waals surface area (Å²) in [5.41, 5.74) is 0.965. The van der Waals surface area contributed by atoms with Gasteiger partial charge in [0.2, 0.25) is 0 Å². The topological polar surface area (TPSA) is 3.24 Å². The fraction of sp³-hybridized carbons (Fsp3) is 0.667. The van der Waals surface area contributed by atoms with Crippen molar-refractivity contribution < 1.29 is 0 Å². The van der Waals surface area contributed by atoms with Crippen LogP contribution in [0.1, 0.15) is 6.92 Å². The molecule has 0 saturated heterocycles. The molecule has 8 heavy (non-hydrogen) atoms. The van der Waals surface area contributed by atoms with Crippen LogP contribution in [-0.2, 0) is 0 Å². The van der Waals surface area contributed by atoms with Gasteiger partial charge in [0, 0.05) is 0 Å². The SMILES string of the molecule is C=C(C)C(Cl)N(C)C. The molecular weight excluding hydrogens is 122 g/mol. The highest BCUT2D eigenvalue weighted by Crippen LogP contribution is 2.07. The zero-order chi connectivity index (χ0) is 6.73. The third kappa shape index (κ3) is 2.34. The number of hydrogen-bond donors (Lipinski definition) is 0. The molecule has 0 radical (unpaired) electrons. The quantitative estimate of drug-likeness (QED) is 0.315. The Morgan fingerprint density at radius 3 is 2.00 bits per heavy atom. The van der Waals surface area contributed by atoms with Gasteiger partial charge in [-0.1, -0.05) is 6.58 Å². The minimum Gasteiger partial charge on any atom is -0.290 e. The molecule has 0 N–H and O–H groups in total. The van der Waals surface area contributed by atoms with Gasteiger partial charge >= 0.3 is 0 Å². The van der Waals surface area contributed by atoms with E-state index in [9.17, 15) is 0 Å². The summed E-state index contributed by atoms with van der Waals surface area (Å²) in [5, 5.41) is 0. The molecular formula is C6H12ClN. The van der Waals surface area contributed by atoms with Gasteiger partial charge < -0.3 is 0 Å². The molecule has 0 aliphatic carbocycles. The lowest BCUT2D eigenvalue weighted by Crippen LogP contribution is -2.22. The average Bonchev–Trinajstić information content (AvgIpc) is 1.64. The second-order valence-electron chi connectivity index (χ2n) is 2.15. The second kappa shape index (κ2) is 3.10. The zero-order valence-corrected chi connectivity index (χ0v) is 6.37. The fourth-order valence-electron chi connectivity index (χ4n) is 0.441. The first kappa shape index (κ1) is 7.99. The summed E-state index contributed by atoms with van der Waals surface area (Å²) in [7, 11) is 3.85. The molecule has 0 aromatic rings. The van der Waals surface area contributed by atoms with Crippen LogP contribution in [-0.4, -0.2) is 24.5 Å². The van der Waals surface area contributed by atoms with Crippen LogP contribution in [0.4, 0.5) is 0 Å². The van der Waals surface area contributed by atoms with Crippen LogP contribution >= 0.6 is 11.6 Å². The number of rotatable bonds is 2. The van der Waals surface area contributed by atoms with Crippen LogP contribution in [0.25, 0.3) is 0 Å². The molecule has 0 heterocycles. The van der Waals surface area contributed by atoms with Gasteiger partial charge in [0.1, 0.15) is 5.50 Å². The average molecular weight is 134 g/mol. The molecule has 0 fully saturated rings. The standard InChI is InChI=1S/C6H12ClN/c1-5(2)6(7)8(3)4/h6H,1H2,2-4H3. The maximum atomic E-state index is 5.78. The summed E-state index contributed by atoms with van der Waals surface area (Å²) >= 11 is 5.78. The first-order valence-corrected chi connectivity index (χ1v) is 2.95. The van der Waals surface area contributed by atoms with Crippen molar-refractivity contribution in [2.24, 2.45) is 0 Å². The van der Waals surface area contributed by atoms with Crippen molar-refractivity contribution >= 4 is 11.6 Å². The van der Waals surface area contributed by atoms with Crippen molar-refractivity contribution in [3.05, 3.63) is 12.2 Å². The van der Waals surface area contributed by atoms with Crippen molar-refractivity contribution in [1.29, 1.82) is 0 Å². The molecule has 0 saturated carbocycles. The molecule has 0 spiro atoms. The first-order chi connectivity index (χ1) is 3.55. The zero-order valence-electron chi connectivity index (χ0n) is 5.61. The molecule has 1 nitrogen and oxygen atoms in total. The molecule has 1 unspecified atom stereocenters. The molecule has 2 heteroatoms. The van der Waals surface area contributed by atoms with Crippen molar-refractivity contribution in [1.82, 2.24) is 4.90 Å². The summed E-state index contributed by atoms with van der Waals surface area (Å²) < 4.78 is 0. The first-order valence-electron chi connectivity index (χ1n) is 2.51. The lowest BCUT2D eigenvalue weighted by Gasteiger charge is -2.16. The van der Waals surface area contributed by atoms with E-state index in [1.54, 1.807) is 0 Å². The van der Waals surface area contributed by atoms with Crippen LogP contribution in [0.5, 0.6) is 0 Å². The van der Waals surface area contributed by atoms with Gasteiger partial charge in [0.25, 0.3) is 0 Å². The minimum absolute atomic E-state index is 0.0185. The molecule has 0 amide bonds. The Labute approximate surface area is 55.9 Å². The molecule has 0 aromatic heterocycles. The highest BCUT2D eigenvalue weighted by molar-refractivity contribution is 6.21. The maximum absolute atomic E-state index is 5.78. The Morgan fingerprint density at radius 1 is 1.62 bits per heavy atom. The van der Waals surface area contributed by atoms with Crippen LogP contribution in [0.2, 0.25) is 0 Å². The van der Waals surface area contributed by atoms with Gasteiger partial charge in [-0.2, -0.15) is 0 Å². The Bertz CT molecular complexity index is 88.5. The monoisotopic (exact) mass is 133 g/mol. The summed E-state index contributed by atoms with van der Waals surface area (Å²) in [6.07, 6.45) is 0. The molecule has 0 aliphatic heterocycles.